The second-order valence-corrected chi connectivity index (χ2v) is 7.06. The van der Waals surface area contributed by atoms with Gasteiger partial charge in [0.25, 0.3) is 0 Å². The highest BCUT2D eigenvalue weighted by Gasteiger charge is 2.39. The van der Waals surface area contributed by atoms with Gasteiger partial charge in [0, 0.05) is 18.5 Å². The molecule has 4 nitrogen and oxygen atoms in total. The summed E-state index contributed by atoms with van der Waals surface area (Å²) in [6.45, 7) is 10.1. The van der Waals surface area contributed by atoms with E-state index in [0.29, 0.717) is 23.2 Å². The van der Waals surface area contributed by atoms with Crippen molar-refractivity contribution in [3.8, 4) is 0 Å². The average Bonchev–Trinajstić information content (AvgIpc) is 2.76. The summed E-state index contributed by atoms with van der Waals surface area (Å²) in [6, 6.07) is 3.10. The largest absolute Gasteiger partial charge is 0.330 e. The van der Waals surface area contributed by atoms with E-state index >= 15 is 0 Å². The summed E-state index contributed by atoms with van der Waals surface area (Å²) in [5.74, 6) is -0.925. The smallest absolute Gasteiger partial charge is 0.246 e. The summed E-state index contributed by atoms with van der Waals surface area (Å²) in [5.41, 5.74) is 1.21. The highest BCUT2D eigenvalue weighted by molar-refractivity contribution is 9.10. The van der Waals surface area contributed by atoms with Gasteiger partial charge in [0.15, 0.2) is 0 Å². The third-order valence-electron chi connectivity index (χ3n) is 4.11. The van der Waals surface area contributed by atoms with E-state index in [0.717, 1.165) is 5.56 Å². The van der Waals surface area contributed by atoms with Gasteiger partial charge in [-0.1, -0.05) is 20.4 Å². The van der Waals surface area contributed by atoms with Crippen LogP contribution in [0.3, 0.4) is 0 Å². The van der Waals surface area contributed by atoms with Crippen LogP contribution < -0.4 is 4.90 Å². The number of rotatable bonds is 4. The molecule has 1 aromatic carbocycles. The summed E-state index contributed by atoms with van der Waals surface area (Å²) >= 11 is 3.19. The Hall–Kier alpha value is -1.69. The SMILES string of the molecule is C=CC(=O)N(CC)CC(=O)N1CC(C)(C)c2cc(Br)c(F)cc21. The molecular formula is C17H20BrFN2O2. The van der Waals surface area contributed by atoms with Crippen molar-refractivity contribution in [1.82, 2.24) is 4.90 Å². The molecule has 0 spiro atoms. The minimum absolute atomic E-state index is 0.0471. The first-order valence-corrected chi connectivity index (χ1v) is 8.21. The Kier molecular flexibility index (Phi) is 4.94. The van der Waals surface area contributed by atoms with Crippen molar-refractivity contribution in [2.45, 2.75) is 26.2 Å². The zero-order valence-electron chi connectivity index (χ0n) is 13.5. The Morgan fingerprint density at radius 1 is 1.48 bits per heavy atom. The van der Waals surface area contributed by atoms with E-state index in [1.807, 2.05) is 13.8 Å². The molecule has 0 bridgehead atoms. The fourth-order valence-corrected chi connectivity index (χ4v) is 3.16. The van der Waals surface area contributed by atoms with Crippen LogP contribution in [-0.2, 0) is 15.0 Å². The van der Waals surface area contributed by atoms with Crippen molar-refractivity contribution in [2.75, 3.05) is 24.5 Å². The summed E-state index contributed by atoms with van der Waals surface area (Å²) < 4.78 is 14.3. The summed E-state index contributed by atoms with van der Waals surface area (Å²) in [5, 5.41) is 0. The van der Waals surface area contributed by atoms with Gasteiger partial charge in [0.05, 0.1) is 10.2 Å². The van der Waals surface area contributed by atoms with Crippen LogP contribution in [0.1, 0.15) is 26.3 Å². The molecule has 0 saturated heterocycles. The molecule has 2 amide bonds. The summed E-state index contributed by atoms with van der Waals surface area (Å²) in [4.78, 5) is 27.4. The standard InChI is InChI=1S/C17H20BrFN2O2/c1-5-15(22)20(6-2)9-16(23)21-10-17(3,4)11-7-12(18)13(19)8-14(11)21/h5,7-8H,1,6,9-10H2,2-4H3. The maximum absolute atomic E-state index is 13.9. The number of likely N-dealkylation sites (N-methyl/N-ethyl adjacent to an activating group) is 1. The molecule has 124 valence electrons. The maximum Gasteiger partial charge on any atom is 0.246 e. The number of amides is 2. The van der Waals surface area contributed by atoms with Gasteiger partial charge in [-0.3, -0.25) is 9.59 Å². The predicted molar refractivity (Wildman–Crippen MR) is 91.9 cm³/mol. The Morgan fingerprint density at radius 3 is 2.70 bits per heavy atom. The first-order chi connectivity index (χ1) is 10.7. The van der Waals surface area contributed by atoms with E-state index < -0.39 is 5.82 Å². The van der Waals surface area contributed by atoms with Crippen molar-refractivity contribution in [2.24, 2.45) is 0 Å². The van der Waals surface area contributed by atoms with Crippen LogP contribution in [-0.4, -0.2) is 36.3 Å². The van der Waals surface area contributed by atoms with Gasteiger partial charge in [-0.15, -0.1) is 0 Å². The lowest BCUT2D eigenvalue weighted by Crippen LogP contribution is -2.43. The topological polar surface area (TPSA) is 40.6 Å². The number of fused-ring (bicyclic) bond motifs is 1. The Balaban J connectivity index is 2.32. The van der Waals surface area contributed by atoms with Crippen molar-refractivity contribution in [3.05, 3.63) is 40.6 Å². The third kappa shape index (κ3) is 3.32. The van der Waals surface area contributed by atoms with E-state index in [-0.39, 0.29) is 23.8 Å². The van der Waals surface area contributed by atoms with Crippen LogP contribution in [0, 0.1) is 5.82 Å². The van der Waals surface area contributed by atoms with E-state index in [4.69, 9.17) is 0 Å². The molecule has 1 aromatic rings. The lowest BCUT2D eigenvalue weighted by molar-refractivity contribution is -0.131. The fourth-order valence-electron chi connectivity index (χ4n) is 2.81. The number of hydrogen-bond donors (Lipinski definition) is 0. The zero-order chi connectivity index (χ0) is 17.4. The molecule has 0 fully saturated rings. The molecular weight excluding hydrogens is 363 g/mol. The van der Waals surface area contributed by atoms with Crippen LogP contribution in [0.2, 0.25) is 0 Å². The molecule has 0 radical (unpaired) electrons. The molecule has 0 aliphatic carbocycles. The van der Waals surface area contributed by atoms with Crippen LogP contribution in [0.25, 0.3) is 0 Å². The lowest BCUT2D eigenvalue weighted by Gasteiger charge is -2.24. The van der Waals surface area contributed by atoms with E-state index in [2.05, 4.69) is 22.5 Å². The highest BCUT2D eigenvalue weighted by Crippen LogP contribution is 2.42. The zero-order valence-corrected chi connectivity index (χ0v) is 15.1. The van der Waals surface area contributed by atoms with E-state index in [1.54, 1.807) is 17.9 Å². The number of benzene rings is 1. The second kappa shape index (κ2) is 6.43. The first kappa shape index (κ1) is 17.7. The van der Waals surface area contributed by atoms with Crippen molar-refractivity contribution in [1.29, 1.82) is 0 Å². The number of halogens is 2. The van der Waals surface area contributed by atoms with E-state index in [1.165, 1.54) is 17.0 Å². The molecule has 2 rings (SSSR count). The molecule has 0 aromatic heterocycles. The van der Waals surface area contributed by atoms with Crippen LogP contribution in [0.5, 0.6) is 0 Å². The van der Waals surface area contributed by atoms with Crippen molar-refractivity contribution >= 4 is 33.4 Å². The Bertz CT molecular complexity index is 673. The summed E-state index contributed by atoms with van der Waals surface area (Å²) in [7, 11) is 0. The normalized spacial score (nSPS) is 15.3. The average molecular weight is 383 g/mol. The second-order valence-electron chi connectivity index (χ2n) is 6.20. The monoisotopic (exact) mass is 382 g/mol. The molecule has 0 atom stereocenters. The quantitative estimate of drug-likeness (QED) is 0.749. The van der Waals surface area contributed by atoms with Gasteiger partial charge in [-0.05, 0) is 46.6 Å². The summed E-state index contributed by atoms with van der Waals surface area (Å²) in [6.07, 6.45) is 1.19. The number of carbonyl (C=O) groups excluding carboxylic acids is 2. The molecule has 1 aliphatic heterocycles. The van der Waals surface area contributed by atoms with Gasteiger partial charge in [-0.25, -0.2) is 4.39 Å². The van der Waals surface area contributed by atoms with Gasteiger partial charge < -0.3 is 9.80 Å². The predicted octanol–water partition coefficient (Wildman–Crippen LogP) is 3.25. The first-order valence-electron chi connectivity index (χ1n) is 7.42. The minimum Gasteiger partial charge on any atom is -0.330 e. The van der Waals surface area contributed by atoms with Gasteiger partial charge >= 0.3 is 0 Å². The minimum atomic E-state index is -0.409. The molecule has 1 heterocycles. The molecule has 0 N–H and O–H groups in total. The molecule has 0 saturated carbocycles. The van der Waals surface area contributed by atoms with Gasteiger partial charge in [0.1, 0.15) is 12.4 Å². The van der Waals surface area contributed by atoms with Crippen LogP contribution >= 0.6 is 15.9 Å². The Labute approximate surface area is 144 Å². The van der Waals surface area contributed by atoms with Crippen LogP contribution in [0.15, 0.2) is 29.3 Å². The van der Waals surface area contributed by atoms with Crippen molar-refractivity contribution in [3.63, 3.8) is 0 Å². The maximum atomic E-state index is 13.9. The van der Waals surface area contributed by atoms with E-state index in [9.17, 15) is 14.0 Å². The van der Waals surface area contributed by atoms with Crippen LogP contribution in [0.4, 0.5) is 10.1 Å². The van der Waals surface area contributed by atoms with Gasteiger partial charge in [0.2, 0.25) is 11.8 Å². The number of anilines is 1. The lowest BCUT2D eigenvalue weighted by atomic mass is 9.87. The number of hydrogen-bond acceptors (Lipinski definition) is 2. The fraction of sp³-hybridized carbons (Fsp3) is 0.412. The molecule has 1 aliphatic rings. The number of nitrogens with zero attached hydrogens (tertiary/aromatic N) is 2. The van der Waals surface area contributed by atoms with Gasteiger partial charge in [-0.2, -0.15) is 0 Å². The number of carbonyl (C=O) groups is 2. The van der Waals surface area contributed by atoms with Crippen molar-refractivity contribution < 1.29 is 14.0 Å². The highest BCUT2D eigenvalue weighted by atomic mass is 79.9. The molecule has 0 unspecified atom stereocenters. The molecule has 23 heavy (non-hydrogen) atoms. The molecule has 6 heteroatoms. The Morgan fingerprint density at radius 2 is 2.13 bits per heavy atom. The third-order valence-corrected chi connectivity index (χ3v) is 4.71.